The maximum absolute atomic E-state index is 14.6. The molecule has 2 rings (SSSR count). The second-order valence-corrected chi connectivity index (χ2v) is 22.6. The van der Waals surface area contributed by atoms with Crippen molar-refractivity contribution in [3.05, 3.63) is 0 Å². The Kier molecular flexibility index (Phi) is 35.5. The van der Waals surface area contributed by atoms with Crippen molar-refractivity contribution in [2.45, 2.75) is 168 Å². The van der Waals surface area contributed by atoms with Crippen molar-refractivity contribution < 1.29 is 38.4 Å². The molecule has 426 valence electrons. The monoisotopic (exact) mass is 1040 g/mol. The molecule has 74 heavy (non-hydrogen) atoms. The van der Waals surface area contributed by atoms with Crippen LogP contribution in [0, 0.1) is 35.5 Å². The van der Waals surface area contributed by atoms with Gasteiger partial charge in [-0.25, -0.2) is 0 Å². The van der Waals surface area contributed by atoms with Gasteiger partial charge in [-0.15, -0.1) is 0 Å². The predicted octanol–water partition coefficient (Wildman–Crippen LogP) is 5.39. The highest BCUT2D eigenvalue weighted by Crippen LogP contribution is 2.28. The number of unbranched alkanes of at least 4 members (excludes halogenated alkanes) is 1. The number of nitrogens with zero attached hydrogens (tertiary/aromatic N) is 4. The molecule has 0 aromatic heterocycles. The fourth-order valence-corrected chi connectivity index (χ4v) is 10.2. The van der Waals surface area contributed by atoms with Crippen LogP contribution in [0.15, 0.2) is 0 Å². The minimum absolute atomic E-state index is 0.0761. The van der Waals surface area contributed by atoms with Gasteiger partial charge in [-0.3, -0.25) is 38.4 Å². The van der Waals surface area contributed by atoms with Crippen molar-refractivity contribution in [2.75, 3.05) is 114 Å². The van der Waals surface area contributed by atoms with E-state index < -0.39 is 53.5 Å². The number of carbonyl (C=O) groups is 8. The van der Waals surface area contributed by atoms with Gasteiger partial charge >= 0.3 is 0 Å². The molecule has 0 aromatic carbocycles. The SMILES string of the molecule is CCCCNC(=O)C(CC(=O)CC(CC(=O)C(CC(=O)CC(CC)C(=O)NCCC1CCCCC1)CC(=O)NCCC1CCCCC1)C(=O)NCCCN(C)CCN(C)C)CC(=O)NCCCN(C)CCN(C)C. The van der Waals surface area contributed by atoms with Gasteiger partial charge in [-0.1, -0.05) is 84.5 Å². The zero-order valence-electron chi connectivity index (χ0n) is 47.8. The fraction of sp³-hybridized carbons (Fsp3) is 0.860. The first-order valence-electron chi connectivity index (χ1n) is 29.0. The van der Waals surface area contributed by atoms with Gasteiger partial charge in [0.1, 0.15) is 17.3 Å². The molecule has 4 atom stereocenters. The van der Waals surface area contributed by atoms with Crippen molar-refractivity contribution in [3.8, 4) is 0 Å². The number of ketones is 3. The van der Waals surface area contributed by atoms with Gasteiger partial charge in [-0.2, -0.15) is 0 Å². The summed E-state index contributed by atoms with van der Waals surface area (Å²) < 4.78 is 0. The van der Waals surface area contributed by atoms with E-state index in [2.05, 4.69) is 46.2 Å². The third kappa shape index (κ3) is 31.3. The van der Waals surface area contributed by atoms with Gasteiger partial charge in [-0.05, 0) is 106 Å². The number of carbonyl (C=O) groups excluding carboxylic acids is 8. The van der Waals surface area contributed by atoms with Crippen molar-refractivity contribution in [2.24, 2.45) is 35.5 Å². The highest BCUT2D eigenvalue weighted by molar-refractivity contribution is 5.97. The summed E-state index contributed by atoms with van der Waals surface area (Å²) in [7, 11) is 12.1. The lowest BCUT2D eigenvalue weighted by Gasteiger charge is -2.23. The lowest BCUT2D eigenvalue weighted by Crippen LogP contribution is -2.39. The van der Waals surface area contributed by atoms with Gasteiger partial charge in [0.15, 0.2) is 0 Å². The highest BCUT2D eigenvalue weighted by atomic mass is 16.2. The van der Waals surface area contributed by atoms with E-state index in [-0.39, 0.29) is 62.0 Å². The van der Waals surface area contributed by atoms with Crippen LogP contribution in [0.2, 0.25) is 0 Å². The Morgan fingerprint density at radius 1 is 0.405 bits per heavy atom. The van der Waals surface area contributed by atoms with Crippen LogP contribution in [-0.4, -0.2) is 181 Å². The van der Waals surface area contributed by atoms with E-state index in [9.17, 15) is 38.4 Å². The Morgan fingerprint density at radius 3 is 1.26 bits per heavy atom. The van der Waals surface area contributed by atoms with Crippen LogP contribution in [0.3, 0.4) is 0 Å². The number of nitrogens with one attached hydrogen (secondary N) is 5. The smallest absolute Gasteiger partial charge is 0.224 e. The molecule has 4 unspecified atom stereocenters. The second-order valence-electron chi connectivity index (χ2n) is 22.6. The Labute approximate surface area is 447 Å². The van der Waals surface area contributed by atoms with E-state index in [1.807, 2.05) is 56.1 Å². The van der Waals surface area contributed by atoms with Crippen LogP contribution >= 0.6 is 0 Å². The lowest BCUT2D eigenvalue weighted by molar-refractivity contribution is -0.137. The van der Waals surface area contributed by atoms with E-state index in [1.165, 1.54) is 51.4 Å². The molecule has 17 nitrogen and oxygen atoms in total. The third-order valence-corrected chi connectivity index (χ3v) is 15.2. The van der Waals surface area contributed by atoms with Gasteiger partial charge in [0.25, 0.3) is 0 Å². The molecule has 2 saturated carbocycles. The summed E-state index contributed by atoms with van der Waals surface area (Å²) in [4.78, 5) is 119. The quantitative estimate of drug-likeness (QED) is 0.0488. The topological polar surface area (TPSA) is 210 Å². The number of likely N-dealkylation sites (N-methyl/N-ethyl adjacent to an activating group) is 4. The highest BCUT2D eigenvalue weighted by Gasteiger charge is 2.34. The number of rotatable bonds is 42. The summed E-state index contributed by atoms with van der Waals surface area (Å²) in [5, 5.41) is 14.8. The number of amides is 5. The van der Waals surface area contributed by atoms with Gasteiger partial charge < -0.3 is 46.2 Å². The molecule has 2 fully saturated rings. The molecule has 0 saturated heterocycles. The maximum atomic E-state index is 14.6. The zero-order chi connectivity index (χ0) is 54.7. The molecule has 0 spiro atoms. The number of hydrogen-bond donors (Lipinski definition) is 5. The van der Waals surface area contributed by atoms with Crippen LogP contribution in [0.1, 0.15) is 168 Å². The van der Waals surface area contributed by atoms with Gasteiger partial charge in [0.05, 0.1) is 11.8 Å². The molecular weight excluding hydrogens is 939 g/mol. The van der Waals surface area contributed by atoms with Crippen LogP contribution in [0.4, 0.5) is 0 Å². The molecule has 0 aliphatic heterocycles. The van der Waals surface area contributed by atoms with Gasteiger partial charge in [0.2, 0.25) is 29.5 Å². The fourth-order valence-electron chi connectivity index (χ4n) is 10.2. The average Bonchev–Trinajstić information content (AvgIpc) is 3.36. The van der Waals surface area contributed by atoms with Crippen LogP contribution in [0.25, 0.3) is 0 Å². The molecule has 0 bridgehead atoms. The predicted molar refractivity (Wildman–Crippen MR) is 295 cm³/mol. The number of Topliss-reactive ketones (excluding diaryl/α,β-unsaturated/α-hetero) is 3. The van der Waals surface area contributed by atoms with E-state index in [0.717, 1.165) is 71.2 Å². The Morgan fingerprint density at radius 2 is 0.784 bits per heavy atom. The minimum Gasteiger partial charge on any atom is -0.356 e. The Hall–Kier alpha value is -3.80. The first-order valence-corrected chi connectivity index (χ1v) is 29.0. The first kappa shape index (κ1) is 66.3. The summed E-state index contributed by atoms with van der Waals surface area (Å²) in [5.74, 6) is -5.72. The lowest BCUT2D eigenvalue weighted by atomic mass is 9.83. The van der Waals surface area contributed by atoms with E-state index in [1.54, 1.807) is 0 Å². The Bertz CT molecular complexity index is 1650. The molecule has 0 aromatic rings. The molecule has 17 heteroatoms. The largest absolute Gasteiger partial charge is 0.356 e. The van der Waals surface area contributed by atoms with E-state index in [0.29, 0.717) is 70.4 Å². The molecule has 0 heterocycles. The molecule has 0 radical (unpaired) electrons. The van der Waals surface area contributed by atoms with Crippen molar-refractivity contribution in [1.29, 1.82) is 0 Å². The summed E-state index contributed by atoms with van der Waals surface area (Å²) in [6, 6.07) is 0. The molecule has 5 N–H and O–H groups in total. The standard InChI is InChI=1S/C57H105N9O8/c1-9-11-26-60-57(74)49(43-54(71)58-27-18-31-65(7)35-33-63(3)4)40-51(68)39-48(56(73)61-28-19-32-66(8)36-34-64(5)6)41-52(69)47(42-53(70)59-29-24-44-20-14-12-15-21-44)38-50(67)37-46(10-2)55(72)62-30-25-45-22-16-13-17-23-45/h44-49H,9-43H2,1-8H3,(H,58,71)(H,59,70)(H,60,74)(H,61,73)(H,62,72). The van der Waals surface area contributed by atoms with Crippen LogP contribution < -0.4 is 26.6 Å². The van der Waals surface area contributed by atoms with Crippen molar-refractivity contribution >= 4 is 46.9 Å². The summed E-state index contributed by atoms with van der Waals surface area (Å²) >= 11 is 0. The van der Waals surface area contributed by atoms with E-state index in [4.69, 9.17) is 0 Å². The first-order chi connectivity index (χ1) is 35.4. The third-order valence-electron chi connectivity index (χ3n) is 15.2. The van der Waals surface area contributed by atoms with Crippen molar-refractivity contribution in [3.63, 3.8) is 0 Å². The normalized spacial score (nSPS) is 16.2. The van der Waals surface area contributed by atoms with Crippen molar-refractivity contribution in [1.82, 2.24) is 46.2 Å². The van der Waals surface area contributed by atoms with Gasteiger partial charge in [0, 0.05) is 116 Å². The number of hydrogen-bond acceptors (Lipinski definition) is 12. The molecule has 2 aliphatic carbocycles. The van der Waals surface area contributed by atoms with Crippen LogP contribution in [-0.2, 0) is 38.4 Å². The molecule has 5 amide bonds. The average molecular weight is 1040 g/mol. The molecular formula is C57H105N9O8. The molecule has 2 aliphatic rings. The zero-order valence-corrected chi connectivity index (χ0v) is 47.8. The minimum atomic E-state index is -1.14. The summed E-state index contributed by atoms with van der Waals surface area (Å²) in [6.45, 7) is 11.0. The van der Waals surface area contributed by atoms with Crippen LogP contribution in [0.5, 0.6) is 0 Å². The summed E-state index contributed by atoms with van der Waals surface area (Å²) in [6.07, 6.45) is 15.1. The van der Waals surface area contributed by atoms with E-state index >= 15 is 0 Å². The summed E-state index contributed by atoms with van der Waals surface area (Å²) in [5.41, 5.74) is 0. The maximum Gasteiger partial charge on any atom is 0.224 e. The second kappa shape index (κ2) is 39.6. The Balaban J connectivity index is 2.30.